The molecule has 1 aromatic rings. The molecular formula is C8H6ClN3O2. The molecule has 0 saturated heterocycles. The van der Waals surface area contributed by atoms with Crippen LogP contribution in [-0.4, -0.2) is 13.1 Å². The summed E-state index contributed by atoms with van der Waals surface area (Å²) >= 11 is 5.71. The molecule has 1 rings (SSSR count). The molecule has 0 aliphatic rings. The van der Waals surface area contributed by atoms with Gasteiger partial charge in [0.1, 0.15) is 0 Å². The van der Waals surface area contributed by atoms with Crippen LogP contribution in [0.5, 0.6) is 0 Å². The van der Waals surface area contributed by atoms with Gasteiger partial charge in [0.25, 0.3) is 0 Å². The van der Waals surface area contributed by atoms with Crippen LogP contribution in [0, 0.1) is 0 Å². The average molecular weight is 212 g/mol. The van der Waals surface area contributed by atoms with Crippen molar-refractivity contribution in [2.24, 2.45) is 5.11 Å². The Kier molecular flexibility index (Phi) is 3.34. The second-order valence-corrected chi connectivity index (χ2v) is 2.75. The van der Waals surface area contributed by atoms with Crippen LogP contribution in [-0.2, 0) is 4.74 Å². The third kappa shape index (κ3) is 2.16. The normalized spacial score (nSPS) is 9.00. The third-order valence-corrected chi connectivity index (χ3v) is 1.84. The van der Waals surface area contributed by atoms with Gasteiger partial charge in [-0.05, 0) is 23.7 Å². The van der Waals surface area contributed by atoms with Gasteiger partial charge in [-0.1, -0.05) is 16.7 Å². The van der Waals surface area contributed by atoms with E-state index in [1.807, 2.05) is 0 Å². The van der Waals surface area contributed by atoms with Gasteiger partial charge in [0.15, 0.2) is 0 Å². The molecule has 0 aromatic heterocycles. The molecule has 0 saturated carbocycles. The fourth-order valence-electron chi connectivity index (χ4n) is 0.882. The highest BCUT2D eigenvalue weighted by Crippen LogP contribution is 2.26. The predicted molar refractivity (Wildman–Crippen MR) is 51.6 cm³/mol. The SMILES string of the molecule is COC(=O)c1ccc(Cl)c(N=[N+]=[N-])c1. The van der Waals surface area contributed by atoms with E-state index >= 15 is 0 Å². The van der Waals surface area contributed by atoms with Gasteiger partial charge in [0.2, 0.25) is 0 Å². The highest BCUT2D eigenvalue weighted by molar-refractivity contribution is 6.33. The Hall–Kier alpha value is -1.71. The largest absolute Gasteiger partial charge is 0.465 e. The summed E-state index contributed by atoms with van der Waals surface area (Å²) in [6.07, 6.45) is 0. The van der Waals surface area contributed by atoms with Crippen molar-refractivity contribution < 1.29 is 9.53 Å². The smallest absolute Gasteiger partial charge is 0.337 e. The van der Waals surface area contributed by atoms with Gasteiger partial charge in [-0.3, -0.25) is 0 Å². The number of hydrogen-bond acceptors (Lipinski definition) is 3. The van der Waals surface area contributed by atoms with Crippen LogP contribution < -0.4 is 0 Å². The molecular weight excluding hydrogens is 206 g/mol. The van der Waals surface area contributed by atoms with Crippen molar-refractivity contribution in [1.29, 1.82) is 0 Å². The number of esters is 1. The summed E-state index contributed by atoms with van der Waals surface area (Å²) in [5, 5.41) is 3.61. The minimum absolute atomic E-state index is 0.206. The maximum atomic E-state index is 11.1. The Balaban J connectivity index is 3.18. The number of hydrogen-bond donors (Lipinski definition) is 0. The number of ether oxygens (including phenoxy) is 1. The Morgan fingerprint density at radius 2 is 2.36 bits per heavy atom. The predicted octanol–water partition coefficient (Wildman–Crippen LogP) is 3.07. The van der Waals surface area contributed by atoms with E-state index in [2.05, 4.69) is 14.8 Å². The lowest BCUT2D eigenvalue weighted by molar-refractivity contribution is 0.0601. The van der Waals surface area contributed by atoms with Crippen LogP contribution in [0.2, 0.25) is 5.02 Å². The summed E-state index contributed by atoms with van der Waals surface area (Å²) in [5.41, 5.74) is 8.71. The summed E-state index contributed by atoms with van der Waals surface area (Å²) in [6, 6.07) is 4.33. The van der Waals surface area contributed by atoms with E-state index in [0.717, 1.165) is 0 Å². The lowest BCUT2D eigenvalue weighted by Gasteiger charge is -2.01. The summed E-state index contributed by atoms with van der Waals surface area (Å²) in [7, 11) is 1.27. The van der Waals surface area contributed by atoms with Crippen LogP contribution in [0.15, 0.2) is 23.3 Å². The first-order valence-electron chi connectivity index (χ1n) is 3.62. The quantitative estimate of drug-likeness (QED) is 0.326. The summed E-state index contributed by atoms with van der Waals surface area (Å²) in [6.45, 7) is 0. The number of rotatable bonds is 2. The molecule has 0 heterocycles. The van der Waals surface area contributed by atoms with Gasteiger partial charge < -0.3 is 4.74 Å². The standard InChI is InChI=1S/C8H6ClN3O2/c1-14-8(13)5-2-3-6(9)7(4-5)11-12-10/h2-4H,1H3. The van der Waals surface area contributed by atoms with Crippen molar-refractivity contribution in [2.45, 2.75) is 0 Å². The third-order valence-electron chi connectivity index (χ3n) is 1.52. The van der Waals surface area contributed by atoms with E-state index in [4.69, 9.17) is 17.1 Å². The topological polar surface area (TPSA) is 75.1 Å². The molecule has 14 heavy (non-hydrogen) atoms. The van der Waals surface area contributed by atoms with Crippen molar-refractivity contribution in [3.05, 3.63) is 39.2 Å². The fraction of sp³-hybridized carbons (Fsp3) is 0.125. The van der Waals surface area contributed by atoms with Crippen molar-refractivity contribution in [3.8, 4) is 0 Å². The fourth-order valence-corrected chi connectivity index (χ4v) is 1.04. The second-order valence-electron chi connectivity index (χ2n) is 2.35. The Labute approximate surface area is 84.9 Å². The molecule has 0 atom stereocenters. The molecule has 0 radical (unpaired) electrons. The number of carbonyl (C=O) groups excluding carboxylic acids is 1. The molecule has 0 amide bonds. The van der Waals surface area contributed by atoms with E-state index in [0.29, 0.717) is 5.56 Å². The van der Waals surface area contributed by atoms with E-state index in [9.17, 15) is 4.79 Å². The summed E-state index contributed by atoms with van der Waals surface area (Å²) in [4.78, 5) is 13.7. The van der Waals surface area contributed by atoms with Crippen LogP contribution >= 0.6 is 11.6 Å². The number of azide groups is 1. The summed E-state index contributed by atoms with van der Waals surface area (Å²) in [5.74, 6) is -0.504. The number of halogens is 1. The zero-order valence-corrected chi connectivity index (χ0v) is 8.02. The molecule has 5 nitrogen and oxygen atoms in total. The van der Waals surface area contributed by atoms with Gasteiger partial charge in [-0.2, -0.15) is 0 Å². The van der Waals surface area contributed by atoms with E-state index in [1.165, 1.54) is 25.3 Å². The van der Waals surface area contributed by atoms with Gasteiger partial charge in [0.05, 0.1) is 23.4 Å². The molecule has 0 fully saturated rings. The molecule has 0 unspecified atom stereocenters. The van der Waals surface area contributed by atoms with E-state index in [-0.39, 0.29) is 10.7 Å². The molecule has 0 N–H and O–H groups in total. The lowest BCUT2D eigenvalue weighted by Crippen LogP contribution is -2.00. The van der Waals surface area contributed by atoms with Crippen molar-refractivity contribution in [2.75, 3.05) is 7.11 Å². The number of nitrogens with zero attached hydrogens (tertiary/aromatic N) is 3. The Bertz CT molecular complexity index is 413. The number of carbonyl (C=O) groups is 1. The van der Waals surface area contributed by atoms with Crippen molar-refractivity contribution >= 4 is 23.3 Å². The molecule has 0 bridgehead atoms. The van der Waals surface area contributed by atoms with E-state index in [1.54, 1.807) is 0 Å². The van der Waals surface area contributed by atoms with Crippen LogP contribution in [0.4, 0.5) is 5.69 Å². The van der Waals surface area contributed by atoms with E-state index < -0.39 is 5.97 Å². The highest BCUT2D eigenvalue weighted by atomic mass is 35.5. The monoisotopic (exact) mass is 211 g/mol. The van der Waals surface area contributed by atoms with Crippen LogP contribution in [0.1, 0.15) is 10.4 Å². The maximum Gasteiger partial charge on any atom is 0.337 e. The Morgan fingerprint density at radius 1 is 1.64 bits per heavy atom. The second kappa shape index (κ2) is 4.50. The molecule has 0 spiro atoms. The molecule has 0 aliphatic heterocycles. The van der Waals surface area contributed by atoms with Crippen LogP contribution in [0.3, 0.4) is 0 Å². The zero-order valence-electron chi connectivity index (χ0n) is 7.27. The van der Waals surface area contributed by atoms with Gasteiger partial charge in [-0.25, -0.2) is 4.79 Å². The maximum absolute atomic E-state index is 11.1. The van der Waals surface area contributed by atoms with Crippen molar-refractivity contribution in [1.82, 2.24) is 0 Å². The summed E-state index contributed by atoms with van der Waals surface area (Å²) < 4.78 is 4.49. The van der Waals surface area contributed by atoms with Gasteiger partial charge >= 0.3 is 5.97 Å². The average Bonchev–Trinajstić information content (AvgIpc) is 2.20. The molecule has 72 valence electrons. The molecule has 6 heteroatoms. The van der Waals surface area contributed by atoms with Gasteiger partial charge in [-0.15, -0.1) is 0 Å². The Morgan fingerprint density at radius 3 is 2.93 bits per heavy atom. The minimum Gasteiger partial charge on any atom is -0.465 e. The number of benzene rings is 1. The van der Waals surface area contributed by atoms with Crippen LogP contribution in [0.25, 0.3) is 10.4 Å². The molecule has 1 aromatic carbocycles. The first-order chi connectivity index (χ1) is 6.69. The number of methoxy groups -OCH3 is 1. The van der Waals surface area contributed by atoms with Gasteiger partial charge in [0, 0.05) is 4.91 Å². The lowest BCUT2D eigenvalue weighted by atomic mass is 10.2. The first-order valence-corrected chi connectivity index (χ1v) is 4.00. The highest BCUT2D eigenvalue weighted by Gasteiger charge is 2.07. The van der Waals surface area contributed by atoms with Crippen molar-refractivity contribution in [3.63, 3.8) is 0 Å². The molecule has 0 aliphatic carbocycles. The minimum atomic E-state index is -0.504. The zero-order chi connectivity index (χ0) is 10.6. The first kappa shape index (κ1) is 10.4.